The van der Waals surface area contributed by atoms with Crippen LogP contribution in [0.4, 0.5) is 0 Å². The van der Waals surface area contributed by atoms with E-state index in [4.69, 9.17) is 0 Å². The lowest BCUT2D eigenvalue weighted by atomic mass is 10.1. The predicted octanol–water partition coefficient (Wildman–Crippen LogP) is 3.22. The lowest BCUT2D eigenvalue weighted by molar-refractivity contribution is 0.593. The van der Waals surface area contributed by atoms with Gasteiger partial charge in [0, 0.05) is 0 Å². The third kappa shape index (κ3) is 2.00. The fourth-order valence-corrected chi connectivity index (χ4v) is 1.76. The first-order chi connectivity index (χ1) is 4.38. The monoisotopic (exact) mass is 126 g/mol. The summed E-state index contributed by atoms with van der Waals surface area (Å²) in [6.07, 6.45) is 7.31. The normalized spacial score (nSPS) is 32.7. The van der Waals surface area contributed by atoms with Crippen molar-refractivity contribution in [3.8, 4) is 0 Å². The molecule has 0 radical (unpaired) electrons. The molecular weight excluding hydrogens is 108 g/mol. The average molecular weight is 126 g/mol. The minimum atomic E-state index is 1.13. The van der Waals surface area contributed by atoms with E-state index in [0.717, 1.165) is 11.8 Å². The molecule has 2 atom stereocenters. The highest BCUT2D eigenvalue weighted by atomic mass is 14.4. The van der Waals surface area contributed by atoms with Gasteiger partial charge in [0.05, 0.1) is 0 Å². The molecule has 0 spiro atoms. The van der Waals surface area contributed by atoms with Crippen LogP contribution in [0.1, 0.15) is 46.0 Å². The molecule has 1 aliphatic carbocycles. The summed E-state index contributed by atoms with van der Waals surface area (Å²) in [5.41, 5.74) is 0. The highest BCUT2D eigenvalue weighted by Gasteiger charge is 2.34. The Balaban J connectivity index is 1.96. The predicted molar refractivity (Wildman–Crippen MR) is 41.4 cm³/mol. The molecule has 0 aromatic rings. The van der Waals surface area contributed by atoms with Crippen LogP contribution in [0.25, 0.3) is 0 Å². The summed E-state index contributed by atoms with van der Waals surface area (Å²) in [5.74, 6) is 2.27. The molecule has 0 nitrogen and oxygen atoms in total. The second kappa shape index (κ2) is 3.24. The first-order valence-electron chi connectivity index (χ1n) is 4.38. The standard InChI is InChI=1S/C9H18/c1-3-5-8-7-9(8)6-4-2/h8-9H,3-7H2,1-2H3/t8-,9-/m1/s1. The van der Waals surface area contributed by atoms with Crippen molar-refractivity contribution in [3.63, 3.8) is 0 Å². The van der Waals surface area contributed by atoms with Gasteiger partial charge in [0.15, 0.2) is 0 Å². The van der Waals surface area contributed by atoms with Gasteiger partial charge in [-0.3, -0.25) is 0 Å². The average Bonchev–Trinajstić information content (AvgIpc) is 2.50. The van der Waals surface area contributed by atoms with E-state index in [0.29, 0.717) is 0 Å². The van der Waals surface area contributed by atoms with Gasteiger partial charge in [-0.2, -0.15) is 0 Å². The third-order valence-corrected chi connectivity index (χ3v) is 2.39. The summed E-state index contributed by atoms with van der Waals surface area (Å²) in [6, 6.07) is 0. The van der Waals surface area contributed by atoms with Gasteiger partial charge in [0.2, 0.25) is 0 Å². The van der Waals surface area contributed by atoms with Crippen molar-refractivity contribution >= 4 is 0 Å². The molecule has 0 N–H and O–H groups in total. The first-order valence-corrected chi connectivity index (χ1v) is 4.38. The molecule has 0 saturated heterocycles. The number of hydrogen-bond acceptors (Lipinski definition) is 0. The Kier molecular flexibility index (Phi) is 2.56. The van der Waals surface area contributed by atoms with Gasteiger partial charge in [-0.15, -0.1) is 0 Å². The van der Waals surface area contributed by atoms with E-state index in [1.165, 1.54) is 25.7 Å². The largest absolute Gasteiger partial charge is 0.0654 e. The summed E-state index contributed by atoms with van der Waals surface area (Å²) in [5, 5.41) is 0. The molecule has 54 valence electrons. The molecule has 1 saturated carbocycles. The maximum atomic E-state index is 2.29. The van der Waals surface area contributed by atoms with Crippen molar-refractivity contribution in [1.29, 1.82) is 0 Å². The fraction of sp³-hybridized carbons (Fsp3) is 1.00. The van der Waals surface area contributed by atoms with Crippen molar-refractivity contribution in [3.05, 3.63) is 0 Å². The van der Waals surface area contributed by atoms with Crippen LogP contribution in [-0.2, 0) is 0 Å². The molecule has 0 unspecified atom stereocenters. The molecule has 0 aromatic heterocycles. The summed E-state index contributed by atoms with van der Waals surface area (Å²) in [6.45, 7) is 4.59. The first kappa shape index (κ1) is 7.11. The molecule has 0 bridgehead atoms. The Hall–Kier alpha value is 0. The minimum Gasteiger partial charge on any atom is -0.0654 e. The molecule has 9 heavy (non-hydrogen) atoms. The smallest absolute Gasteiger partial charge is 0.0383 e. The van der Waals surface area contributed by atoms with Crippen LogP contribution in [0.3, 0.4) is 0 Å². The highest BCUT2D eigenvalue weighted by Crippen LogP contribution is 2.44. The second-order valence-electron chi connectivity index (χ2n) is 3.33. The highest BCUT2D eigenvalue weighted by molar-refractivity contribution is 4.84. The summed E-state index contributed by atoms with van der Waals surface area (Å²) in [4.78, 5) is 0. The van der Waals surface area contributed by atoms with E-state index in [2.05, 4.69) is 13.8 Å². The van der Waals surface area contributed by atoms with E-state index < -0.39 is 0 Å². The Bertz CT molecular complexity index is 66.1. The van der Waals surface area contributed by atoms with Crippen molar-refractivity contribution < 1.29 is 0 Å². The maximum absolute atomic E-state index is 2.29. The maximum Gasteiger partial charge on any atom is -0.0383 e. The van der Waals surface area contributed by atoms with Gasteiger partial charge < -0.3 is 0 Å². The number of rotatable bonds is 4. The zero-order valence-electron chi connectivity index (χ0n) is 6.69. The van der Waals surface area contributed by atoms with E-state index >= 15 is 0 Å². The van der Waals surface area contributed by atoms with Gasteiger partial charge in [0.25, 0.3) is 0 Å². The van der Waals surface area contributed by atoms with Crippen LogP contribution in [0.15, 0.2) is 0 Å². The Morgan fingerprint density at radius 1 is 1.00 bits per heavy atom. The molecule has 0 aromatic carbocycles. The van der Waals surface area contributed by atoms with Gasteiger partial charge in [0.1, 0.15) is 0 Å². The quantitative estimate of drug-likeness (QED) is 0.542. The Morgan fingerprint density at radius 3 is 1.78 bits per heavy atom. The topological polar surface area (TPSA) is 0 Å². The lowest BCUT2D eigenvalue weighted by Crippen LogP contribution is -1.80. The van der Waals surface area contributed by atoms with E-state index in [1.54, 1.807) is 6.42 Å². The van der Waals surface area contributed by atoms with Crippen LogP contribution in [-0.4, -0.2) is 0 Å². The van der Waals surface area contributed by atoms with Crippen molar-refractivity contribution in [1.82, 2.24) is 0 Å². The van der Waals surface area contributed by atoms with Gasteiger partial charge >= 0.3 is 0 Å². The molecule has 0 heterocycles. The van der Waals surface area contributed by atoms with E-state index in [-0.39, 0.29) is 0 Å². The fourth-order valence-electron chi connectivity index (χ4n) is 1.76. The van der Waals surface area contributed by atoms with Crippen LogP contribution in [0.2, 0.25) is 0 Å². The minimum absolute atomic E-state index is 1.13. The summed E-state index contributed by atoms with van der Waals surface area (Å²) in [7, 11) is 0. The Morgan fingerprint density at radius 2 is 1.44 bits per heavy atom. The molecular formula is C9H18. The van der Waals surface area contributed by atoms with Crippen LogP contribution >= 0.6 is 0 Å². The van der Waals surface area contributed by atoms with Crippen molar-refractivity contribution in [2.45, 2.75) is 46.0 Å². The molecule has 1 aliphatic rings. The second-order valence-corrected chi connectivity index (χ2v) is 3.33. The number of hydrogen-bond donors (Lipinski definition) is 0. The summed E-state index contributed by atoms with van der Waals surface area (Å²) >= 11 is 0. The van der Waals surface area contributed by atoms with Gasteiger partial charge in [-0.25, -0.2) is 0 Å². The zero-order valence-corrected chi connectivity index (χ0v) is 6.69. The summed E-state index contributed by atoms with van der Waals surface area (Å²) < 4.78 is 0. The van der Waals surface area contributed by atoms with Crippen LogP contribution in [0.5, 0.6) is 0 Å². The molecule has 0 amide bonds. The van der Waals surface area contributed by atoms with Crippen molar-refractivity contribution in [2.75, 3.05) is 0 Å². The Labute approximate surface area is 58.7 Å². The molecule has 0 heteroatoms. The van der Waals surface area contributed by atoms with Gasteiger partial charge in [-0.1, -0.05) is 39.5 Å². The van der Waals surface area contributed by atoms with E-state index in [9.17, 15) is 0 Å². The zero-order chi connectivity index (χ0) is 6.69. The molecule has 1 fully saturated rings. The lowest BCUT2D eigenvalue weighted by Gasteiger charge is -1.93. The molecule has 1 rings (SSSR count). The SMILES string of the molecule is CCC[C@@H]1C[C@H]1CCC. The molecule has 0 aliphatic heterocycles. The van der Waals surface area contributed by atoms with Crippen LogP contribution in [0, 0.1) is 11.8 Å². The third-order valence-electron chi connectivity index (χ3n) is 2.39. The van der Waals surface area contributed by atoms with Crippen molar-refractivity contribution in [2.24, 2.45) is 11.8 Å². The van der Waals surface area contributed by atoms with E-state index in [1.807, 2.05) is 0 Å². The van der Waals surface area contributed by atoms with Gasteiger partial charge in [-0.05, 0) is 18.3 Å². The van der Waals surface area contributed by atoms with Crippen LogP contribution < -0.4 is 0 Å².